The van der Waals surface area contributed by atoms with Gasteiger partial charge in [0.15, 0.2) is 0 Å². The molecule has 0 aliphatic rings. The van der Waals surface area contributed by atoms with Gasteiger partial charge in [0.05, 0.1) is 20.3 Å². The van der Waals surface area contributed by atoms with Gasteiger partial charge in [-0.25, -0.2) is 0 Å². The Morgan fingerprint density at radius 3 is 2.13 bits per heavy atom. The summed E-state index contributed by atoms with van der Waals surface area (Å²) in [5, 5.41) is 9.26. The molecule has 3 nitrogen and oxygen atoms in total. The molecule has 0 radical (unpaired) electrons. The summed E-state index contributed by atoms with van der Waals surface area (Å²) >= 11 is 0. The largest absolute Gasteiger partial charge is 0.496 e. The summed E-state index contributed by atoms with van der Waals surface area (Å²) in [5.41, 5.74) is 1.02. The Bertz CT molecular complexity index is 285. The molecule has 0 spiro atoms. The van der Waals surface area contributed by atoms with Crippen molar-refractivity contribution in [3.8, 4) is 11.5 Å². The van der Waals surface area contributed by atoms with Gasteiger partial charge in [0.25, 0.3) is 0 Å². The molecule has 1 atom stereocenters. The summed E-state index contributed by atoms with van der Waals surface area (Å²) in [6, 6.07) is 5.70. The minimum atomic E-state index is -0.306. The molecule has 0 aliphatic heterocycles. The molecule has 15 heavy (non-hydrogen) atoms. The fraction of sp³-hybridized carbons (Fsp3) is 0.500. The van der Waals surface area contributed by atoms with Gasteiger partial charge in [0.1, 0.15) is 11.5 Å². The van der Waals surface area contributed by atoms with Crippen LogP contribution in [-0.2, 0) is 6.42 Å². The number of aliphatic hydroxyl groups is 1. The number of methoxy groups -OCH3 is 2. The Balaban J connectivity index is 2.89. The highest BCUT2D eigenvalue weighted by atomic mass is 16.5. The first-order valence-corrected chi connectivity index (χ1v) is 5.07. The van der Waals surface area contributed by atoms with Crippen LogP contribution in [0.2, 0.25) is 0 Å². The van der Waals surface area contributed by atoms with Crippen molar-refractivity contribution in [3.05, 3.63) is 23.8 Å². The molecule has 1 rings (SSSR count). The van der Waals surface area contributed by atoms with Gasteiger partial charge in [-0.3, -0.25) is 0 Å². The summed E-state index contributed by atoms with van der Waals surface area (Å²) in [6.45, 7) is 1.78. The van der Waals surface area contributed by atoms with Crippen LogP contribution in [0.15, 0.2) is 18.2 Å². The second-order valence-electron chi connectivity index (χ2n) is 3.53. The lowest BCUT2D eigenvalue weighted by atomic mass is 10.1. The van der Waals surface area contributed by atoms with Crippen molar-refractivity contribution in [3.63, 3.8) is 0 Å². The second kappa shape index (κ2) is 5.61. The molecule has 1 N–H and O–H groups in total. The van der Waals surface area contributed by atoms with Gasteiger partial charge >= 0.3 is 0 Å². The molecule has 0 aromatic heterocycles. The van der Waals surface area contributed by atoms with E-state index in [4.69, 9.17) is 9.47 Å². The van der Waals surface area contributed by atoms with Gasteiger partial charge in [0.2, 0.25) is 0 Å². The number of benzene rings is 1. The Morgan fingerprint density at radius 2 is 1.73 bits per heavy atom. The number of hydrogen-bond acceptors (Lipinski definition) is 3. The van der Waals surface area contributed by atoms with E-state index < -0.39 is 0 Å². The molecule has 0 fully saturated rings. The van der Waals surface area contributed by atoms with E-state index in [1.807, 2.05) is 18.2 Å². The maximum absolute atomic E-state index is 9.26. The zero-order valence-electron chi connectivity index (χ0n) is 9.49. The topological polar surface area (TPSA) is 38.7 Å². The van der Waals surface area contributed by atoms with Gasteiger partial charge in [-0.1, -0.05) is 6.07 Å². The Labute approximate surface area is 90.6 Å². The first-order chi connectivity index (χ1) is 7.19. The molecule has 0 heterocycles. The molecular formula is C12H18O3. The van der Waals surface area contributed by atoms with Gasteiger partial charge in [-0.2, -0.15) is 0 Å². The Hall–Kier alpha value is -1.22. The zero-order chi connectivity index (χ0) is 11.3. The minimum Gasteiger partial charge on any atom is -0.496 e. The lowest BCUT2D eigenvalue weighted by Crippen LogP contribution is -2.04. The molecule has 84 valence electrons. The Kier molecular flexibility index (Phi) is 4.43. The van der Waals surface area contributed by atoms with Gasteiger partial charge in [-0.15, -0.1) is 0 Å². The lowest BCUT2D eigenvalue weighted by molar-refractivity contribution is 0.184. The normalized spacial score (nSPS) is 12.3. The molecule has 0 amide bonds. The van der Waals surface area contributed by atoms with E-state index in [1.54, 1.807) is 21.1 Å². The molecule has 0 saturated heterocycles. The summed E-state index contributed by atoms with van der Waals surface area (Å²) in [6.07, 6.45) is 1.15. The Morgan fingerprint density at radius 1 is 1.20 bits per heavy atom. The van der Waals surface area contributed by atoms with E-state index in [-0.39, 0.29) is 6.10 Å². The van der Waals surface area contributed by atoms with Crippen LogP contribution in [0.5, 0.6) is 11.5 Å². The number of aliphatic hydroxyl groups excluding tert-OH is 1. The van der Waals surface area contributed by atoms with E-state index in [2.05, 4.69) is 0 Å². The number of hydrogen-bond donors (Lipinski definition) is 1. The predicted octanol–water partition coefficient (Wildman–Crippen LogP) is 2.02. The van der Waals surface area contributed by atoms with Gasteiger partial charge < -0.3 is 14.6 Å². The monoisotopic (exact) mass is 210 g/mol. The zero-order valence-corrected chi connectivity index (χ0v) is 9.49. The van der Waals surface area contributed by atoms with Crippen LogP contribution in [0.1, 0.15) is 18.9 Å². The highest BCUT2D eigenvalue weighted by molar-refractivity contribution is 5.44. The van der Waals surface area contributed by atoms with Crippen molar-refractivity contribution in [1.82, 2.24) is 0 Å². The van der Waals surface area contributed by atoms with E-state index in [0.29, 0.717) is 6.42 Å². The number of ether oxygens (including phenoxy) is 2. The summed E-state index contributed by atoms with van der Waals surface area (Å²) in [5.74, 6) is 1.63. The van der Waals surface area contributed by atoms with Crippen LogP contribution in [0, 0.1) is 0 Å². The first kappa shape index (κ1) is 11.9. The van der Waals surface area contributed by atoms with Crippen molar-refractivity contribution >= 4 is 0 Å². The SMILES string of the molecule is COc1cccc(OC)c1CC[C@H](C)O. The first-order valence-electron chi connectivity index (χ1n) is 5.07. The van der Waals surface area contributed by atoms with Gasteiger partial charge in [-0.05, 0) is 31.9 Å². The third-order valence-electron chi connectivity index (χ3n) is 2.34. The summed E-state index contributed by atoms with van der Waals surface area (Å²) in [4.78, 5) is 0. The highest BCUT2D eigenvalue weighted by Gasteiger charge is 2.10. The van der Waals surface area contributed by atoms with Crippen LogP contribution in [0.25, 0.3) is 0 Å². The van der Waals surface area contributed by atoms with E-state index in [9.17, 15) is 5.11 Å². The molecule has 3 heteroatoms. The predicted molar refractivity (Wildman–Crippen MR) is 59.5 cm³/mol. The van der Waals surface area contributed by atoms with Crippen molar-refractivity contribution in [2.24, 2.45) is 0 Å². The second-order valence-corrected chi connectivity index (χ2v) is 3.53. The third-order valence-corrected chi connectivity index (χ3v) is 2.34. The smallest absolute Gasteiger partial charge is 0.125 e. The van der Waals surface area contributed by atoms with Crippen LogP contribution < -0.4 is 9.47 Å². The van der Waals surface area contributed by atoms with Crippen molar-refractivity contribution < 1.29 is 14.6 Å². The van der Waals surface area contributed by atoms with Crippen molar-refractivity contribution in [1.29, 1.82) is 0 Å². The molecule has 0 saturated carbocycles. The lowest BCUT2D eigenvalue weighted by Gasteiger charge is -2.13. The molecular weight excluding hydrogens is 192 g/mol. The fourth-order valence-electron chi connectivity index (χ4n) is 1.53. The van der Waals surface area contributed by atoms with Crippen molar-refractivity contribution in [2.75, 3.05) is 14.2 Å². The molecule has 0 bridgehead atoms. The van der Waals surface area contributed by atoms with Crippen LogP contribution >= 0.6 is 0 Å². The average molecular weight is 210 g/mol. The molecule has 0 aliphatic carbocycles. The van der Waals surface area contributed by atoms with Crippen molar-refractivity contribution in [2.45, 2.75) is 25.9 Å². The van der Waals surface area contributed by atoms with Crippen LogP contribution in [0.3, 0.4) is 0 Å². The summed E-state index contributed by atoms with van der Waals surface area (Å²) < 4.78 is 10.5. The summed E-state index contributed by atoms with van der Waals surface area (Å²) in [7, 11) is 3.28. The number of rotatable bonds is 5. The average Bonchev–Trinajstić information content (AvgIpc) is 2.25. The quantitative estimate of drug-likeness (QED) is 0.808. The van der Waals surface area contributed by atoms with E-state index >= 15 is 0 Å². The standard InChI is InChI=1S/C12H18O3/c1-9(13)7-8-10-11(14-2)5-4-6-12(10)15-3/h4-6,9,13H,7-8H2,1-3H3/t9-/m0/s1. The fourth-order valence-corrected chi connectivity index (χ4v) is 1.53. The maximum atomic E-state index is 9.26. The molecule has 1 aromatic carbocycles. The van der Waals surface area contributed by atoms with Crippen LogP contribution in [-0.4, -0.2) is 25.4 Å². The third kappa shape index (κ3) is 3.13. The molecule has 1 aromatic rings. The van der Waals surface area contributed by atoms with Crippen LogP contribution in [0.4, 0.5) is 0 Å². The van der Waals surface area contributed by atoms with Gasteiger partial charge in [0, 0.05) is 5.56 Å². The minimum absolute atomic E-state index is 0.306. The maximum Gasteiger partial charge on any atom is 0.125 e. The van der Waals surface area contributed by atoms with E-state index in [0.717, 1.165) is 23.5 Å². The highest BCUT2D eigenvalue weighted by Crippen LogP contribution is 2.29. The molecule has 0 unspecified atom stereocenters. The van der Waals surface area contributed by atoms with E-state index in [1.165, 1.54) is 0 Å².